The summed E-state index contributed by atoms with van der Waals surface area (Å²) >= 11 is 0. The number of alkyl halides is 7. The first-order chi connectivity index (χ1) is 9.12. The van der Waals surface area contributed by atoms with Crippen LogP contribution < -0.4 is 0 Å². The van der Waals surface area contributed by atoms with Crippen molar-refractivity contribution in [3.8, 4) is 0 Å². The molecule has 0 atom stereocenters. The van der Waals surface area contributed by atoms with Gasteiger partial charge in [0.1, 0.15) is 0 Å². The fourth-order valence-electron chi connectivity index (χ4n) is 1.81. The first-order valence-electron chi connectivity index (χ1n) is 6.82. The molecule has 0 heterocycles. The molecule has 0 aromatic rings. The highest BCUT2D eigenvalue weighted by Crippen LogP contribution is 2.48. The van der Waals surface area contributed by atoms with Gasteiger partial charge in [0.2, 0.25) is 0 Å². The SMILES string of the molecule is CCCCCCCCCC(F)(F)C(F)(F)C(F)(F)CF. The van der Waals surface area contributed by atoms with Gasteiger partial charge in [-0.25, -0.2) is 4.39 Å². The number of halogens is 7. The van der Waals surface area contributed by atoms with E-state index < -0.39 is 30.9 Å². The Hall–Kier alpha value is -0.490. The van der Waals surface area contributed by atoms with E-state index in [1.807, 2.05) is 6.92 Å². The lowest BCUT2D eigenvalue weighted by atomic mass is 9.98. The maximum absolute atomic E-state index is 13.1. The van der Waals surface area contributed by atoms with Crippen LogP contribution in [0.5, 0.6) is 0 Å². The average molecular weight is 310 g/mol. The number of unbranched alkanes of at least 4 members (excludes halogenated alkanes) is 6. The van der Waals surface area contributed by atoms with Crippen molar-refractivity contribution >= 4 is 0 Å². The molecule has 0 N–H and O–H groups in total. The van der Waals surface area contributed by atoms with Crippen molar-refractivity contribution in [2.24, 2.45) is 0 Å². The van der Waals surface area contributed by atoms with Crippen molar-refractivity contribution < 1.29 is 30.7 Å². The van der Waals surface area contributed by atoms with Gasteiger partial charge >= 0.3 is 17.8 Å². The number of rotatable bonds is 11. The Morgan fingerprint density at radius 2 is 1.10 bits per heavy atom. The van der Waals surface area contributed by atoms with Crippen molar-refractivity contribution in [3.05, 3.63) is 0 Å². The van der Waals surface area contributed by atoms with Crippen LogP contribution in [0.2, 0.25) is 0 Å². The quantitative estimate of drug-likeness (QED) is 0.324. The average Bonchev–Trinajstić information content (AvgIpc) is 2.37. The summed E-state index contributed by atoms with van der Waals surface area (Å²) in [7, 11) is 0. The Labute approximate surface area is 114 Å². The zero-order valence-electron chi connectivity index (χ0n) is 11.5. The second-order valence-corrected chi connectivity index (χ2v) is 4.99. The lowest BCUT2D eigenvalue weighted by Crippen LogP contribution is -2.55. The monoisotopic (exact) mass is 310 g/mol. The molecular formula is C13H21F7. The summed E-state index contributed by atoms with van der Waals surface area (Å²) in [6.07, 6.45) is 3.00. The van der Waals surface area contributed by atoms with Gasteiger partial charge in [0.05, 0.1) is 0 Å². The molecule has 0 radical (unpaired) electrons. The summed E-state index contributed by atoms with van der Waals surface area (Å²) in [5.41, 5.74) is 0. The third kappa shape index (κ3) is 5.13. The molecule has 0 fully saturated rings. The highest BCUT2D eigenvalue weighted by atomic mass is 19.3. The molecule has 0 aliphatic rings. The maximum Gasteiger partial charge on any atom is 0.374 e. The second-order valence-electron chi connectivity index (χ2n) is 4.99. The highest BCUT2D eigenvalue weighted by molar-refractivity contribution is 4.95. The van der Waals surface area contributed by atoms with Crippen molar-refractivity contribution in [1.29, 1.82) is 0 Å². The highest BCUT2D eigenvalue weighted by Gasteiger charge is 2.70. The van der Waals surface area contributed by atoms with Crippen molar-refractivity contribution in [2.75, 3.05) is 6.67 Å². The van der Waals surface area contributed by atoms with Crippen LogP contribution in [0.25, 0.3) is 0 Å². The van der Waals surface area contributed by atoms with Gasteiger partial charge in [0, 0.05) is 6.42 Å². The van der Waals surface area contributed by atoms with Crippen LogP contribution in [0.4, 0.5) is 30.7 Å². The zero-order valence-corrected chi connectivity index (χ0v) is 11.5. The Morgan fingerprint density at radius 1 is 0.650 bits per heavy atom. The molecule has 0 aliphatic heterocycles. The van der Waals surface area contributed by atoms with Gasteiger partial charge < -0.3 is 0 Å². The predicted molar refractivity (Wildman–Crippen MR) is 63.4 cm³/mol. The van der Waals surface area contributed by atoms with E-state index in [9.17, 15) is 30.7 Å². The molecular weight excluding hydrogens is 289 g/mol. The molecule has 0 amide bonds. The summed E-state index contributed by atoms with van der Waals surface area (Å²) in [5, 5.41) is 0. The van der Waals surface area contributed by atoms with Crippen LogP contribution in [-0.2, 0) is 0 Å². The second kappa shape index (κ2) is 8.08. The van der Waals surface area contributed by atoms with E-state index in [-0.39, 0.29) is 12.8 Å². The summed E-state index contributed by atoms with van der Waals surface area (Å²) in [5.74, 6) is -15.9. The predicted octanol–water partition coefficient (Wildman–Crippen LogP) is 6.00. The summed E-state index contributed by atoms with van der Waals surface area (Å²) < 4.78 is 88.9. The first-order valence-corrected chi connectivity index (χ1v) is 6.82. The molecule has 7 heteroatoms. The van der Waals surface area contributed by atoms with Crippen LogP contribution in [0, 0.1) is 0 Å². The maximum atomic E-state index is 13.1. The normalized spacial score (nSPS) is 13.8. The summed E-state index contributed by atoms with van der Waals surface area (Å²) in [6.45, 7) is -0.791. The minimum Gasteiger partial charge on any atom is -0.244 e. The molecule has 0 aliphatic carbocycles. The number of hydrogen-bond acceptors (Lipinski definition) is 0. The van der Waals surface area contributed by atoms with Gasteiger partial charge in [0.25, 0.3) is 0 Å². The first kappa shape index (κ1) is 19.5. The molecule has 0 unspecified atom stereocenters. The fraction of sp³-hybridized carbons (Fsp3) is 1.00. The number of hydrogen-bond donors (Lipinski definition) is 0. The minimum atomic E-state index is -5.66. The van der Waals surface area contributed by atoms with Gasteiger partial charge in [0.15, 0.2) is 6.67 Å². The molecule has 0 saturated heterocycles. The van der Waals surface area contributed by atoms with Crippen molar-refractivity contribution in [1.82, 2.24) is 0 Å². The van der Waals surface area contributed by atoms with E-state index in [4.69, 9.17) is 0 Å². The molecule has 20 heavy (non-hydrogen) atoms. The van der Waals surface area contributed by atoms with Crippen LogP contribution in [0.15, 0.2) is 0 Å². The van der Waals surface area contributed by atoms with E-state index in [1.165, 1.54) is 0 Å². The van der Waals surface area contributed by atoms with Gasteiger partial charge in [-0.3, -0.25) is 0 Å². The van der Waals surface area contributed by atoms with E-state index in [0.29, 0.717) is 6.42 Å². The smallest absolute Gasteiger partial charge is 0.244 e. The summed E-state index contributed by atoms with van der Waals surface area (Å²) in [6, 6.07) is 0. The van der Waals surface area contributed by atoms with Crippen LogP contribution in [-0.4, -0.2) is 24.4 Å². The molecule has 122 valence electrons. The van der Waals surface area contributed by atoms with Crippen molar-refractivity contribution in [2.45, 2.75) is 76.1 Å². The molecule has 0 rings (SSSR count). The van der Waals surface area contributed by atoms with E-state index in [1.54, 1.807) is 0 Å². The van der Waals surface area contributed by atoms with Crippen LogP contribution in [0.3, 0.4) is 0 Å². The van der Waals surface area contributed by atoms with E-state index in [0.717, 1.165) is 25.7 Å². The Kier molecular flexibility index (Phi) is 7.88. The van der Waals surface area contributed by atoms with Crippen molar-refractivity contribution in [3.63, 3.8) is 0 Å². The van der Waals surface area contributed by atoms with Gasteiger partial charge in [-0.2, -0.15) is 26.3 Å². The minimum absolute atomic E-state index is 0.274. The van der Waals surface area contributed by atoms with Crippen LogP contribution >= 0.6 is 0 Å². The molecule has 0 bridgehead atoms. The fourth-order valence-corrected chi connectivity index (χ4v) is 1.81. The van der Waals surface area contributed by atoms with Gasteiger partial charge in [-0.1, -0.05) is 45.4 Å². The standard InChI is InChI=1S/C13H21F7/c1-2-3-4-5-6-7-8-9-11(15,16)13(19,20)12(17,18)10-14/h2-10H2,1H3. The topological polar surface area (TPSA) is 0 Å². The zero-order chi connectivity index (χ0) is 15.9. The third-order valence-electron chi connectivity index (χ3n) is 3.18. The van der Waals surface area contributed by atoms with Crippen LogP contribution in [0.1, 0.15) is 58.3 Å². The molecule has 0 aromatic heterocycles. The Balaban J connectivity index is 4.18. The third-order valence-corrected chi connectivity index (χ3v) is 3.18. The van der Waals surface area contributed by atoms with E-state index >= 15 is 0 Å². The molecule has 0 spiro atoms. The van der Waals surface area contributed by atoms with Gasteiger partial charge in [-0.05, 0) is 6.42 Å². The van der Waals surface area contributed by atoms with Gasteiger partial charge in [-0.15, -0.1) is 0 Å². The molecule has 0 aromatic carbocycles. The summed E-state index contributed by atoms with van der Waals surface area (Å²) in [4.78, 5) is 0. The molecule has 0 nitrogen and oxygen atoms in total. The molecule has 0 saturated carbocycles. The Bertz CT molecular complexity index is 263. The lowest BCUT2D eigenvalue weighted by molar-refractivity contribution is -0.313. The van der Waals surface area contributed by atoms with E-state index in [2.05, 4.69) is 0 Å². The largest absolute Gasteiger partial charge is 0.374 e. The Morgan fingerprint density at radius 3 is 1.55 bits per heavy atom. The lowest BCUT2D eigenvalue weighted by Gasteiger charge is -2.31.